The van der Waals surface area contributed by atoms with Gasteiger partial charge in [-0.25, -0.2) is 0 Å². The smallest absolute Gasteiger partial charge is 0.0712 e. The third kappa shape index (κ3) is 6.34. The largest absolute Gasteiger partial charge is 0.380 e. The van der Waals surface area contributed by atoms with E-state index in [1.54, 1.807) is 0 Å². The fraction of sp³-hybridized carbons (Fsp3) is 1.00. The lowest BCUT2D eigenvalue weighted by molar-refractivity contribution is 0.0616. The zero-order valence-corrected chi connectivity index (χ0v) is 13.2. The molecule has 0 aliphatic heterocycles. The first-order valence-corrected chi connectivity index (χ1v) is 7.99. The summed E-state index contributed by atoms with van der Waals surface area (Å²) in [4.78, 5) is 0. The molecule has 0 aliphatic rings. The van der Waals surface area contributed by atoms with E-state index in [9.17, 15) is 0 Å². The Morgan fingerprint density at radius 3 is 2.33 bits per heavy atom. The molecule has 0 saturated heterocycles. The van der Waals surface area contributed by atoms with E-state index in [1.165, 1.54) is 6.42 Å². The fourth-order valence-electron chi connectivity index (χ4n) is 1.77. The Bertz CT molecular complexity index is 158. The zero-order valence-electron chi connectivity index (χ0n) is 10.2. The molecule has 4 heteroatoms. The summed E-state index contributed by atoms with van der Waals surface area (Å²) in [6.45, 7) is 5.24. The van der Waals surface area contributed by atoms with Gasteiger partial charge < -0.3 is 10.5 Å². The van der Waals surface area contributed by atoms with Crippen LogP contribution in [-0.4, -0.2) is 35.2 Å². The van der Waals surface area contributed by atoms with Crippen molar-refractivity contribution in [3.63, 3.8) is 0 Å². The van der Waals surface area contributed by atoms with Crippen molar-refractivity contribution in [2.75, 3.05) is 19.9 Å². The SMILES string of the molecule is COC(C(C)C)C(CC(I)CCN)SC. The summed E-state index contributed by atoms with van der Waals surface area (Å²) < 4.78 is 6.26. The van der Waals surface area contributed by atoms with Gasteiger partial charge in [0.2, 0.25) is 0 Å². The predicted molar refractivity (Wildman–Crippen MR) is 79.0 cm³/mol. The molecule has 0 saturated carbocycles. The topological polar surface area (TPSA) is 35.2 Å². The molecule has 0 aliphatic carbocycles. The van der Waals surface area contributed by atoms with Gasteiger partial charge in [-0.1, -0.05) is 36.4 Å². The van der Waals surface area contributed by atoms with Crippen LogP contribution in [0.15, 0.2) is 0 Å². The maximum absolute atomic E-state index is 5.59. The van der Waals surface area contributed by atoms with Gasteiger partial charge in [0.1, 0.15) is 0 Å². The van der Waals surface area contributed by atoms with Crippen molar-refractivity contribution in [2.45, 2.75) is 42.0 Å². The van der Waals surface area contributed by atoms with E-state index in [1.807, 2.05) is 18.9 Å². The first-order chi connectivity index (χ1) is 7.06. The molecule has 0 aromatic carbocycles. The highest BCUT2D eigenvalue weighted by Gasteiger charge is 2.25. The van der Waals surface area contributed by atoms with Crippen LogP contribution in [-0.2, 0) is 4.74 Å². The number of ether oxygens (including phenoxy) is 1. The maximum atomic E-state index is 5.59. The van der Waals surface area contributed by atoms with Gasteiger partial charge in [0.05, 0.1) is 6.10 Å². The van der Waals surface area contributed by atoms with Crippen LogP contribution in [0.4, 0.5) is 0 Å². The Morgan fingerprint density at radius 2 is 2.00 bits per heavy atom. The van der Waals surface area contributed by atoms with Crippen molar-refractivity contribution in [2.24, 2.45) is 11.7 Å². The molecule has 3 unspecified atom stereocenters. The third-order valence-corrected chi connectivity index (χ3v) is 4.76. The molecule has 15 heavy (non-hydrogen) atoms. The molecule has 3 atom stereocenters. The van der Waals surface area contributed by atoms with Crippen molar-refractivity contribution in [3.05, 3.63) is 0 Å². The van der Waals surface area contributed by atoms with E-state index >= 15 is 0 Å². The Morgan fingerprint density at radius 1 is 1.40 bits per heavy atom. The number of halogens is 1. The van der Waals surface area contributed by atoms with Crippen molar-refractivity contribution in [1.29, 1.82) is 0 Å². The van der Waals surface area contributed by atoms with Gasteiger partial charge >= 0.3 is 0 Å². The molecule has 92 valence electrons. The lowest BCUT2D eigenvalue weighted by atomic mass is 10.00. The zero-order chi connectivity index (χ0) is 11.8. The number of thioether (sulfide) groups is 1. The van der Waals surface area contributed by atoms with E-state index in [2.05, 4.69) is 42.7 Å². The van der Waals surface area contributed by atoms with Crippen molar-refractivity contribution in [1.82, 2.24) is 0 Å². The quantitative estimate of drug-likeness (QED) is 0.543. The first kappa shape index (κ1) is 16.0. The molecule has 2 nitrogen and oxygen atoms in total. The lowest BCUT2D eigenvalue weighted by Crippen LogP contribution is -2.32. The monoisotopic (exact) mass is 345 g/mol. The highest BCUT2D eigenvalue weighted by molar-refractivity contribution is 14.1. The number of rotatable bonds is 8. The van der Waals surface area contributed by atoms with E-state index in [-0.39, 0.29) is 0 Å². The molecular formula is C11H24INOS. The molecular weight excluding hydrogens is 321 g/mol. The molecule has 0 fully saturated rings. The predicted octanol–water partition coefficient (Wildman–Crippen LogP) is 2.93. The van der Waals surface area contributed by atoms with Crippen LogP contribution >= 0.6 is 34.4 Å². The first-order valence-electron chi connectivity index (χ1n) is 5.46. The van der Waals surface area contributed by atoms with Crippen LogP contribution in [0, 0.1) is 5.92 Å². The third-order valence-electron chi connectivity index (χ3n) is 2.57. The molecule has 0 heterocycles. The number of hydrogen-bond acceptors (Lipinski definition) is 3. The molecule has 0 radical (unpaired) electrons. The average molecular weight is 345 g/mol. The van der Waals surface area contributed by atoms with E-state index < -0.39 is 0 Å². The van der Waals surface area contributed by atoms with Gasteiger partial charge in [-0.15, -0.1) is 0 Å². The molecule has 2 N–H and O–H groups in total. The summed E-state index contributed by atoms with van der Waals surface area (Å²) in [5, 5.41) is 0.587. The molecule has 0 spiro atoms. The van der Waals surface area contributed by atoms with E-state index in [4.69, 9.17) is 10.5 Å². The average Bonchev–Trinajstić information content (AvgIpc) is 2.17. The van der Waals surface area contributed by atoms with Crippen molar-refractivity contribution < 1.29 is 4.74 Å². The Kier molecular flexibility index (Phi) is 9.68. The summed E-state index contributed by atoms with van der Waals surface area (Å²) in [7, 11) is 1.82. The van der Waals surface area contributed by atoms with E-state index in [0.717, 1.165) is 13.0 Å². The van der Waals surface area contributed by atoms with Crippen LogP contribution in [0.25, 0.3) is 0 Å². The fourth-order valence-corrected chi connectivity index (χ4v) is 4.14. The maximum Gasteiger partial charge on any atom is 0.0712 e. The second-order valence-corrected chi connectivity index (χ2v) is 6.97. The van der Waals surface area contributed by atoms with Gasteiger partial charge in [0, 0.05) is 16.3 Å². The van der Waals surface area contributed by atoms with Crippen LogP contribution < -0.4 is 5.73 Å². The summed E-state index contributed by atoms with van der Waals surface area (Å²) in [5.74, 6) is 0.578. The van der Waals surface area contributed by atoms with Crippen LogP contribution in [0.2, 0.25) is 0 Å². The standard InChI is InChI=1S/C11H24INOS/c1-8(2)11(14-3)10(15-4)7-9(12)5-6-13/h8-11H,5-7,13H2,1-4H3. The Hall–Kier alpha value is 1.000. The molecule has 0 bridgehead atoms. The second-order valence-electron chi connectivity index (χ2n) is 4.13. The Labute approximate surface area is 112 Å². The lowest BCUT2D eigenvalue weighted by Gasteiger charge is -2.29. The van der Waals surface area contributed by atoms with Crippen LogP contribution in [0.5, 0.6) is 0 Å². The number of hydrogen-bond donors (Lipinski definition) is 1. The van der Waals surface area contributed by atoms with E-state index in [0.29, 0.717) is 21.2 Å². The summed E-state index contributed by atoms with van der Waals surface area (Å²) in [5.41, 5.74) is 5.57. The normalized spacial score (nSPS) is 17.8. The van der Waals surface area contributed by atoms with Crippen molar-refractivity contribution in [3.8, 4) is 0 Å². The highest BCUT2D eigenvalue weighted by Crippen LogP contribution is 2.27. The minimum atomic E-state index is 0.357. The second kappa shape index (κ2) is 9.07. The number of nitrogens with two attached hydrogens (primary N) is 1. The molecule has 0 aromatic rings. The van der Waals surface area contributed by atoms with Crippen molar-refractivity contribution >= 4 is 34.4 Å². The number of alkyl halides is 1. The summed E-state index contributed by atoms with van der Waals surface area (Å²) >= 11 is 4.42. The summed E-state index contributed by atoms with van der Waals surface area (Å²) in [6, 6.07) is 0. The van der Waals surface area contributed by atoms with Gasteiger partial charge in [0.15, 0.2) is 0 Å². The summed E-state index contributed by atoms with van der Waals surface area (Å²) in [6.07, 6.45) is 4.82. The highest BCUT2D eigenvalue weighted by atomic mass is 127. The molecule has 0 amide bonds. The Balaban J connectivity index is 4.20. The molecule has 0 rings (SSSR count). The molecule has 0 aromatic heterocycles. The van der Waals surface area contributed by atoms with Gasteiger partial charge in [-0.05, 0) is 31.6 Å². The van der Waals surface area contributed by atoms with Crippen LogP contribution in [0.1, 0.15) is 26.7 Å². The van der Waals surface area contributed by atoms with Gasteiger partial charge in [-0.3, -0.25) is 0 Å². The van der Waals surface area contributed by atoms with Crippen LogP contribution in [0.3, 0.4) is 0 Å². The van der Waals surface area contributed by atoms with Gasteiger partial charge in [0.25, 0.3) is 0 Å². The number of methoxy groups -OCH3 is 1. The van der Waals surface area contributed by atoms with Gasteiger partial charge in [-0.2, -0.15) is 11.8 Å². The minimum absolute atomic E-state index is 0.357. The minimum Gasteiger partial charge on any atom is -0.380 e.